The number of aliphatic hydroxyl groups excluding tert-OH is 1. The van der Waals surface area contributed by atoms with Crippen molar-refractivity contribution in [1.29, 1.82) is 0 Å². The van der Waals surface area contributed by atoms with Crippen molar-refractivity contribution in [3.8, 4) is 5.88 Å². The normalized spacial score (nSPS) is 19.2. The molecular weight excluding hydrogens is 397 g/mol. The van der Waals surface area contributed by atoms with E-state index in [1.54, 1.807) is 6.07 Å². The van der Waals surface area contributed by atoms with Crippen LogP contribution in [0.5, 0.6) is 5.88 Å². The summed E-state index contributed by atoms with van der Waals surface area (Å²) in [6, 6.07) is 2.13. The molecule has 1 aliphatic heterocycles. The van der Waals surface area contributed by atoms with Crippen molar-refractivity contribution in [2.24, 2.45) is 0 Å². The summed E-state index contributed by atoms with van der Waals surface area (Å²) in [6.45, 7) is -1.56. The van der Waals surface area contributed by atoms with Crippen molar-refractivity contribution in [2.45, 2.75) is 31.2 Å². The van der Waals surface area contributed by atoms with E-state index in [2.05, 4.69) is 25.0 Å². The molecule has 11 heteroatoms. The van der Waals surface area contributed by atoms with E-state index in [0.717, 1.165) is 0 Å². The molecule has 8 nitrogen and oxygen atoms in total. The molecule has 2 aromatic heterocycles. The van der Waals surface area contributed by atoms with E-state index >= 15 is 0 Å². The smallest absolute Gasteiger partial charge is 0.387 e. The van der Waals surface area contributed by atoms with Gasteiger partial charge in [-0.05, 0) is 19.1 Å². The molecule has 0 bridgehead atoms. The highest BCUT2D eigenvalue weighted by molar-refractivity contribution is 6.15. The number of hydrogen-bond donors (Lipinski definition) is 3. The Morgan fingerprint density at radius 3 is 2.57 bits per heavy atom. The van der Waals surface area contributed by atoms with Gasteiger partial charge in [0.2, 0.25) is 5.88 Å². The molecule has 0 amide bonds. The fraction of sp³-hybridized carbons (Fsp3) is 0.316. The van der Waals surface area contributed by atoms with Gasteiger partial charge >= 0.3 is 6.61 Å². The van der Waals surface area contributed by atoms with E-state index in [4.69, 9.17) is 12.6 Å². The zero-order valence-corrected chi connectivity index (χ0v) is 16.2. The van der Waals surface area contributed by atoms with E-state index in [1.165, 1.54) is 50.8 Å². The second kappa shape index (κ2) is 8.76. The SMILES string of the molecule is [B]C(O)(c1cnc(C(C)O)nc1)C1C=CC(OC(F)F)=C(c2ccnc(OC)c2)N1. The number of nitrogens with zero attached hydrogens (tertiary/aromatic N) is 3. The lowest BCUT2D eigenvalue weighted by atomic mass is 9.70. The molecule has 3 atom stereocenters. The molecule has 3 rings (SSSR count). The first-order chi connectivity index (χ1) is 14.2. The molecule has 0 aliphatic carbocycles. The van der Waals surface area contributed by atoms with Crippen LogP contribution in [0.3, 0.4) is 0 Å². The summed E-state index contributed by atoms with van der Waals surface area (Å²) in [6.07, 6.45) is 5.81. The van der Waals surface area contributed by atoms with Crippen LogP contribution in [0.1, 0.15) is 30.0 Å². The zero-order valence-electron chi connectivity index (χ0n) is 16.2. The molecule has 3 N–H and O–H groups in total. The average molecular weight is 416 g/mol. The number of ether oxygens (including phenoxy) is 2. The number of methoxy groups -OCH3 is 1. The Bertz CT molecular complexity index is 952. The van der Waals surface area contributed by atoms with Crippen molar-refractivity contribution < 1.29 is 28.5 Å². The topological polar surface area (TPSA) is 110 Å². The van der Waals surface area contributed by atoms with Gasteiger partial charge in [0.05, 0.1) is 24.3 Å². The second-order valence-electron chi connectivity index (χ2n) is 6.52. The van der Waals surface area contributed by atoms with E-state index in [9.17, 15) is 19.0 Å². The highest BCUT2D eigenvalue weighted by Gasteiger charge is 2.35. The van der Waals surface area contributed by atoms with Crippen LogP contribution < -0.4 is 10.1 Å². The van der Waals surface area contributed by atoms with Crippen LogP contribution in [0, 0.1) is 0 Å². The Morgan fingerprint density at radius 1 is 1.27 bits per heavy atom. The standard InChI is InChI=1S/C19H19BF2N4O4/c1-10(27)17-24-8-12(9-25-17)19(20,28)14-4-3-13(30-18(21)22)16(26-14)11-5-6-23-15(7-11)29-2/h3-10,14,18,26-28H,1-2H3. The molecule has 1 aliphatic rings. The number of nitrogens with one attached hydrogen (secondary N) is 1. The lowest BCUT2D eigenvalue weighted by Crippen LogP contribution is -2.48. The molecule has 0 saturated heterocycles. The fourth-order valence-corrected chi connectivity index (χ4v) is 2.83. The summed E-state index contributed by atoms with van der Waals surface area (Å²) < 4.78 is 35.5. The first-order valence-electron chi connectivity index (χ1n) is 8.88. The molecule has 3 unspecified atom stereocenters. The third-order valence-corrected chi connectivity index (χ3v) is 4.42. The molecule has 0 spiro atoms. The summed E-state index contributed by atoms with van der Waals surface area (Å²) in [7, 11) is 7.55. The predicted molar refractivity (Wildman–Crippen MR) is 103 cm³/mol. The summed E-state index contributed by atoms with van der Waals surface area (Å²) in [5, 5.41) is 23.4. The minimum atomic E-state index is -3.06. The van der Waals surface area contributed by atoms with Gasteiger partial charge in [0.25, 0.3) is 0 Å². The van der Waals surface area contributed by atoms with Gasteiger partial charge in [-0.25, -0.2) is 15.0 Å². The maximum absolute atomic E-state index is 12.9. The van der Waals surface area contributed by atoms with Crippen LogP contribution in [-0.4, -0.2) is 52.8 Å². The highest BCUT2D eigenvalue weighted by Crippen LogP contribution is 2.31. The van der Waals surface area contributed by atoms with E-state index < -0.39 is 24.3 Å². The lowest BCUT2D eigenvalue weighted by Gasteiger charge is -2.36. The molecule has 156 valence electrons. The van der Waals surface area contributed by atoms with Crippen molar-refractivity contribution in [1.82, 2.24) is 20.3 Å². The Balaban J connectivity index is 1.95. The zero-order chi connectivity index (χ0) is 21.9. The van der Waals surface area contributed by atoms with Crippen molar-refractivity contribution in [3.05, 3.63) is 65.6 Å². The molecule has 0 fully saturated rings. The predicted octanol–water partition coefficient (Wildman–Crippen LogP) is 1.38. The minimum absolute atomic E-state index is 0.147. The molecule has 2 aromatic rings. The number of aliphatic hydroxyl groups is 2. The summed E-state index contributed by atoms with van der Waals surface area (Å²) >= 11 is 0. The lowest BCUT2D eigenvalue weighted by molar-refractivity contribution is -0.0921. The van der Waals surface area contributed by atoms with Crippen LogP contribution in [0.25, 0.3) is 5.70 Å². The number of aromatic nitrogens is 3. The molecule has 0 saturated carbocycles. The van der Waals surface area contributed by atoms with Gasteiger partial charge in [-0.2, -0.15) is 8.78 Å². The van der Waals surface area contributed by atoms with E-state index in [0.29, 0.717) is 5.56 Å². The Labute approximate surface area is 172 Å². The van der Waals surface area contributed by atoms with Gasteiger partial charge in [0.15, 0.2) is 5.82 Å². The first kappa shape index (κ1) is 21.7. The molecular formula is C19H19BF2N4O4. The molecule has 30 heavy (non-hydrogen) atoms. The number of alkyl halides is 2. The average Bonchev–Trinajstić information content (AvgIpc) is 2.73. The monoisotopic (exact) mass is 416 g/mol. The van der Waals surface area contributed by atoms with Gasteiger partial charge in [0.1, 0.15) is 19.7 Å². The quantitative estimate of drug-likeness (QED) is 0.581. The van der Waals surface area contributed by atoms with Crippen molar-refractivity contribution in [3.63, 3.8) is 0 Å². The van der Waals surface area contributed by atoms with Crippen molar-refractivity contribution >= 4 is 13.5 Å². The van der Waals surface area contributed by atoms with Crippen LogP contribution >= 0.6 is 0 Å². The van der Waals surface area contributed by atoms with E-state index in [1.807, 2.05) is 0 Å². The number of hydrogen-bond acceptors (Lipinski definition) is 8. The van der Waals surface area contributed by atoms with Crippen molar-refractivity contribution in [2.75, 3.05) is 7.11 Å². The van der Waals surface area contributed by atoms with Gasteiger partial charge in [-0.3, -0.25) is 0 Å². The van der Waals surface area contributed by atoms with Gasteiger partial charge < -0.3 is 25.0 Å². The number of allylic oxidation sites excluding steroid dienone is 1. The van der Waals surface area contributed by atoms with Crippen LogP contribution in [-0.2, 0) is 10.2 Å². The van der Waals surface area contributed by atoms with Gasteiger partial charge in [-0.15, -0.1) is 0 Å². The highest BCUT2D eigenvalue weighted by atomic mass is 19.3. The summed E-state index contributed by atoms with van der Waals surface area (Å²) in [4.78, 5) is 11.9. The number of dihydropyridines is 1. The number of pyridine rings is 1. The van der Waals surface area contributed by atoms with Crippen LogP contribution in [0.4, 0.5) is 8.78 Å². The maximum Gasteiger partial charge on any atom is 0.387 e. The largest absolute Gasteiger partial charge is 0.481 e. The third kappa shape index (κ3) is 4.57. The van der Waals surface area contributed by atoms with Gasteiger partial charge in [-0.1, -0.05) is 6.08 Å². The molecule has 2 radical (unpaired) electrons. The second-order valence-corrected chi connectivity index (χ2v) is 6.52. The summed E-state index contributed by atoms with van der Waals surface area (Å²) in [5.74, 6) is 0.277. The Morgan fingerprint density at radius 2 is 1.97 bits per heavy atom. The Hall–Kier alpha value is -3.05. The van der Waals surface area contributed by atoms with Crippen LogP contribution in [0.2, 0.25) is 0 Å². The number of halogens is 2. The first-order valence-corrected chi connectivity index (χ1v) is 8.88. The molecule has 3 heterocycles. The molecule has 0 aromatic carbocycles. The maximum atomic E-state index is 12.9. The Kier molecular flexibility index (Phi) is 6.32. The summed E-state index contributed by atoms with van der Waals surface area (Å²) in [5.41, 5.74) is -1.26. The fourth-order valence-electron chi connectivity index (χ4n) is 2.83. The minimum Gasteiger partial charge on any atom is -0.481 e. The van der Waals surface area contributed by atoms with Gasteiger partial charge in [0, 0.05) is 35.8 Å². The van der Waals surface area contributed by atoms with Crippen LogP contribution in [0.15, 0.2) is 48.6 Å². The van der Waals surface area contributed by atoms with E-state index in [-0.39, 0.29) is 28.7 Å². The third-order valence-electron chi connectivity index (χ3n) is 4.42. The number of rotatable bonds is 7.